The minimum absolute atomic E-state index is 0.184. The smallest absolute Gasteiger partial charge is 0.362 e. The number of aliphatic hydroxyl groups is 1. The Morgan fingerprint density at radius 3 is 2.62 bits per heavy atom. The second-order valence-corrected chi connectivity index (χ2v) is 6.48. The van der Waals surface area contributed by atoms with Crippen LogP contribution in [0.5, 0.6) is 0 Å². The Kier molecular flexibility index (Phi) is 4.15. The van der Waals surface area contributed by atoms with E-state index in [4.69, 9.17) is 0 Å². The lowest BCUT2D eigenvalue weighted by Crippen LogP contribution is -2.61. The zero-order chi connectivity index (χ0) is 17.5. The van der Waals surface area contributed by atoms with Gasteiger partial charge >= 0.3 is 6.18 Å². The first-order valence-electron chi connectivity index (χ1n) is 7.98. The zero-order valence-corrected chi connectivity index (χ0v) is 13.3. The Morgan fingerprint density at radius 1 is 1.33 bits per heavy atom. The first-order chi connectivity index (χ1) is 11.2. The molecule has 1 aliphatic heterocycles. The first kappa shape index (κ1) is 17.0. The van der Waals surface area contributed by atoms with Crippen LogP contribution in [0.25, 0.3) is 0 Å². The number of hydrogen-bond acceptors (Lipinski definition) is 3. The second kappa shape index (κ2) is 5.88. The molecule has 1 N–H and O–H groups in total. The molecule has 3 rings (SSSR count). The molecule has 0 spiro atoms. The van der Waals surface area contributed by atoms with E-state index in [2.05, 4.69) is 5.10 Å². The second-order valence-electron chi connectivity index (χ2n) is 6.48. The van der Waals surface area contributed by atoms with Crippen LogP contribution in [-0.2, 0) is 11.2 Å². The van der Waals surface area contributed by atoms with Crippen LogP contribution in [0.3, 0.4) is 0 Å². The van der Waals surface area contributed by atoms with Gasteiger partial charge in [0.2, 0.25) is 5.91 Å². The normalized spacial score (nSPS) is 27.0. The third kappa shape index (κ3) is 2.70. The molecule has 4 nitrogen and oxygen atoms in total. The number of alkyl halides is 3. The van der Waals surface area contributed by atoms with Gasteiger partial charge in [-0.1, -0.05) is 36.2 Å². The molecule has 0 saturated heterocycles. The highest BCUT2D eigenvalue weighted by Gasteiger charge is 2.68. The summed E-state index contributed by atoms with van der Waals surface area (Å²) >= 11 is 0. The summed E-state index contributed by atoms with van der Waals surface area (Å²) in [7, 11) is 0. The van der Waals surface area contributed by atoms with Crippen LogP contribution in [0, 0.1) is 12.8 Å². The molecule has 1 heterocycles. The molecular formula is C17H19F3N2O2. The monoisotopic (exact) mass is 340 g/mol. The fraction of sp³-hybridized carbons (Fsp3) is 0.529. The molecule has 24 heavy (non-hydrogen) atoms. The average Bonchev–Trinajstić information content (AvgIpc) is 2.84. The van der Waals surface area contributed by atoms with Gasteiger partial charge in [0, 0.05) is 5.71 Å². The van der Waals surface area contributed by atoms with Crippen molar-refractivity contribution in [1.29, 1.82) is 0 Å². The maximum absolute atomic E-state index is 13.6. The summed E-state index contributed by atoms with van der Waals surface area (Å²) in [6.45, 7) is 1.88. The van der Waals surface area contributed by atoms with Crippen molar-refractivity contribution in [1.82, 2.24) is 5.01 Å². The minimum Gasteiger partial charge on any atom is -0.362 e. The largest absolute Gasteiger partial charge is 0.439 e. The van der Waals surface area contributed by atoms with E-state index in [1.165, 1.54) is 0 Å². The van der Waals surface area contributed by atoms with Crippen molar-refractivity contribution in [3.05, 3.63) is 35.4 Å². The number of carbonyl (C=O) groups is 1. The fourth-order valence-corrected chi connectivity index (χ4v) is 3.42. The number of fused-ring (bicyclic) bond motifs is 1. The van der Waals surface area contributed by atoms with E-state index in [9.17, 15) is 23.1 Å². The van der Waals surface area contributed by atoms with E-state index < -0.39 is 23.7 Å². The SMILES string of the molecule is Cc1ccc(CC(=O)N2N=C3CCCC[C@@H]3[C@@]2(O)C(F)(F)F)cc1. The van der Waals surface area contributed by atoms with Gasteiger partial charge in [-0.05, 0) is 31.7 Å². The summed E-state index contributed by atoms with van der Waals surface area (Å²) in [6.07, 6.45) is -3.31. The molecule has 2 aliphatic rings. The van der Waals surface area contributed by atoms with Crippen molar-refractivity contribution in [3.63, 3.8) is 0 Å². The van der Waals surface area contributed by atoms with E-state index in [1.807, 2.05) is 6.92 Å². The van der Waals surface area contributed by atoms with Crippen LogP contribution < -0.4 is 0 Å². The average molecular weight is 340 g/mol. The lowest BCUT2D eigenvalue weighted by atomic mass is 9.80. The van der Waals surface area contributed by atoms with Gasteiger partial charge in [0.1, 0.15) is 0 Å². The number of aryl methyl sites for hydroxylation is 1. The van der Waals surface area contributed by atoms with Crippen molar-refractivity contribution in [2.45, 2.75) is 50.9 Å². The van der Waals surface area contributed by atoms with Crippen LogP contribution in [0.2, 0.25) is 0 Å². The summed E-state index contributed by atoms with van der Waals surface area (Å²) < 4.78 is 40.8. The summed E-state index contributed by atoms with van der Waals surface area (Å²) in [6, 6.07) is 6.95. The molecule has 0 unspecified atom stereocenters. The molecule has 0 radical (unpaired) electrons. The zero-order valence-electron chi connectivity index (χ0n) is 13.3. The molecule has 130 valence electrons. The van der Waals surface area contributed by atoms with Gasteiger partial charge in [-0.25, -0.2) is 0 Å². The van der Waals surface area contributed by atoms with Gasteiger partial charge in [-0.3, -0.25) is 4.79 Å². The quantitative estimate of drug-likeness (QED) is 0.899. The third-order valence-corrected chi connectivity index (χ3v) is 4.74. The minimum atomic E-state index is -4.96. The predicted molar refractivity (Wildman–Crippen MR) is 82.1 cm³/mol. The Morgan fingerprint density at radius 2 is 2.00 bits per heavy atom. The summed E-state index contributed by atoms with van der Waals surface area (Å²) in [5.74, 6) is -2.01. The number of benzene rings is 1. The predicted octanol–water partition coefficient (Wildman–Crippen LogP) is 3.18. The van der Waals surface area contributed by atoms with Gasteiger partial charge in [0.05, 0.1) is 12.3 Å². The summed E-state index contributed by atoms with van der Waals surface area (Å²) in [5, 5.41) is 14.6. The van der Waals surface area contributed by atoms with E-state index in [0.29, 0.717) is 18.4 Å². The molecule has 2 atom stereocenters. The third-order valence-electron chi connectivity index (χ3n) is 4.74. The molecule has 1 fully saturated rings. The van der Waals surface area contributed by atoms with Crippen LogP contribution in [0.4, 0.5) is 13.2 Å². The lowest BCUT2D eigenvalue weighted by Gasteiger charge is -2.38. The van der Waals surface area contributed by atoms with Crippen molar-refractivity contribution in [3.8, 4) is 0 Å². The van der Waals surface area contributed by atoms with E-state index in [1.54, 1.807) is 24.3 Å². The van der Waals surface area contributed by atoms with Crippen LogP contribution >= 0.6 is 0 Å². The topological polar surface area (TPSA) is 52.9 Å². The Labute approximate surface area is 138 Å². The highest BCUT2D eigenvalue weighted by molar-refractivity contribution is 5.93. The summed E-state index contributed by atoms with van der Waals surface area (Å²) in [5.41, 5.74) is -1.38. The molecular weight excluding hydrogens is 321 g/mol. The van der Waals surface area contributed by atoms with E-state index in [0.717, 1.165) is 12.0 Å². The number of rotatable bonds is 2. The van der Waals surface area contributed by atoms with Crippen molar-refractivity contribution < 1.29 is 23.1 Å². The number of hydrazone groups is 1. The van der Waals surface area contributed by atoms with Crippen molar-refractivity contribution in [2.75, 3.05) is 0 Å². The van der Waals surface area contributed by atoms with Gasteiger partial charge in [0.15, 0.2) is 0 Å². The molecule has 1 aromatic rings. The van der Waals surface area contributed by atoms with Gasteiger partial charge in [-0.2, -0.15) is 23.3 Å². The van der Waals surface area contributed by atoms with Crippen LogP contribution in [0.1, 0.15) is 36.8 Å². The molecule has 0 bridgehead atoms. The van der Waals surface area contributed by atoms with E-state index >= 15 is 0 Å². The van der Waals surface area contributed by atoms with E-state index in [-0.39, 0.29) is 23.6 Å². The van der Waals surface area contributed by atoms with Gasteiger partial charge < -0.3 is 5.11 Å². The number of nitrogens with zero attached hydrogens (tertiary/aromatic N) is 2. The molecule has 7 heteroatoms. The maximum Gasteiger partial charge on any atom is 0.439 e. The fourth-order valence-electron chi connectivity index (χ4n) is 3.42. The maximum atomic E-state index is 13.6. The van der Waals surface area contributed by atoms with Crippen molar-refractivity contribution in [2.24, 2.45) is 11.0 Å². The van der Waals surface area contributed by atoms with Crippen LogP contribution in [-0.4, -0.2) is 33.6 Å². The molecule has 0 aromatic heterocycles. The first-order valence-corrected chi connectivity index (χ1v) is 7.98. The Balaban J connectivity index is 1.90. The van der Waals surface area contributed by atoms with Crippen molar-refractivity contribution >= 4 is 11.6 Å². The van der Waals surface area contributed by atoms with Gasteiger partial charge in [-0.15, -0.1) is 0 Å². The number of halogens is 3. The van der Waals surface area contributed by atoms with Crippen LogP contribution in [0.15, 0.2) is 29.4 Å². The molecule has 1 amide bonds. The molecule has 1 aromatic carbocycles. The number of carbonyl (C=O) groups excluding carboxylic acids is 1. The summed E-state index contributed by atoms with van der Waals surface area (Å²) in [4.78, 5) is 12.5. The highest BCUT2D eigenvalue weighted by Crippen LogP contribution is 2.48. The Hall–Kier alpha value is -1.89. The molecule has 1 saturated carbocycles. The number of hydrogen-bond donors (Lipinski definition) is 1. The number of amides is 1. The Bertz CT molecular complexity index is 669. The lowest BCUT2D eigenvalue weighted by molar-refractivity contribution is -0.317. The standard InChI is InChI=1S/C17H19F3N2O2/c1-11-6-8-12(9-7-11)10-15(23)22-16(24,17(18,19)20)13-4-2-3-5-14(13)21-22/h6-9,13,24H,2-5,10H2,1H3/t13-,16+/m0/s1. The highest BCUT2D eigenvalue weighted by atomic mass is 19.4. The molecule has 1 aliphatic carbocycles. The van der Waals surface area contributed by atoms with Gasteiger partial charge in [0.25, 0.3) is 5.72 Å².